The number of hydrogen-bond donors (Lipinski definition) is 4. The summed E-state index contributed by atoms with van der Waals surface area (Å²) in [7, 11) is 0. The zero-order valence-corrected chi connectivity index (χ0v) is 12.2. The van der Waals surface area contributed by atoms with Crippen LogP contribution in [-0.4, -0.2) is 39.3 Å². The highest BCUT2D eigenvalue weighted by molar-refractivity contribution is 7.71. The highest BCUT2D eigenvalue weighted by Crippen LogP contribution is 2.10. The molecule has 0 aliphatic rings. The summed E-state index contributed by atoms with van der Waals surface area (Å²) in [6.45, 7) is 0. The summed E-state index contributed by atoms with van der Waals surface area (Å²) in [5.74, 6) is 0. The lowest BCUT2D eigenvalue weighted by atomic mass is 10.5. The van der Waals surface area contributed by atoms with E-state index in [4.69, 9.17) is 24.4 Å². The Hall–Kier alpha value is -2.86. The van der Waals surface area contributed by atoms with Gasteiger partial charge < -0.3 is 9.97 Å². The number of fused-ring (bicyclic) bond motifs is 2. The van der Waals surface area contributed by atoms with Gasteiger partial charge in [0.2, 0.25) is 0 Å². The monoisotopic (exact) mass is 334 g/mol. The van der Waals surface area contributed by atoms with Crippen molar-refractivity contribution in [3.8, 4) is 0 Å². The SMILES string of the molecule is O=c1[nH]c(=S)[nH]c2c1ncn2-n1cnc2c(=O)[nH]c(=S)[nH]c21. The van der Waals surface area contributed by atoms with Crippen LogP contribution in [-0.2, 0) is 0 Å². The van der Waals surface area contributed by atoms with Gasteiger partial charge >= 0.3 is 0 Å². The molecule has 4 aromatic heterocycles. The molecule has 0 aliphatic heterocycles. The maximum atomic E-state index is 11.8. The lowest BCUT2D eigenvalue weighted by Gasteiger charge is -2.05. The Morgan fingerprint density at radius 1 is 0.773 bits per heavy atom. The van der Waals surface area contributed by atoms with E-state index >= 15 is 0 Å². The molecular formula is C10H6N8O2S2. The Labute approximate surface area is 129 Å². The van der Waals surface area contributed by atoms with Gasteiger partial charge in [-0.05, 0) is 24.4 Å². The molecule has 0 aromatic carbocycles. The Kier molecular flexibility index (Phi) is 2.52. The molecule has 0 fully saturated rings. The van der Waals surface area contributed by atoms with E-state index in [1.54, 1.807) is 0 Å². The zero-order valence-electron chi connectivity index (χ0n) is 10.6. The highest BCUT2D eigenvalue weighted by atomic mass is 32.1. The van der Waals surface area contributed by atoms with Gasteiger partial charge in [-0.3, -0.25) is 19.6 Å². The summed E-state index contributed by atoms with van der Waals surface area (Å²) in [5, 5.41) is 0. The van der Waals surface area contributed by atoms with Crippen LogP contribution in [0.5, 0.6) is 0 Å². The van der Waals surface area contributed by atoms with Crippen LogP contribution in [0, 0.1) is 9.54 Å². The third-order valence-electron chi connectivity index (χ3n) is 3.08. The van der Waals surface area contributed by atoms with Crippen molar-refractivity contribution < 1.29 is 0 Å². The summed E-state index contributed by atoms with van der Waals surface area (Å²) in [6, 6.07) is 0. The van der Waals surface area contributed by atoms with Gasteiger partial charge in [0.15, 0.2) is 31.9 Å². The molecule has 10 nitrogen and oxygen atoms in total. The van der Waals surface area contributed by atoms with Gasteiger partial charge in [0.1, 0.15) is 12.7 Å². The largest absolute Gasteiger partial charge is 0.315 e. The first-order valence-corrected chi connectivity index (χ1v) is 6.76. The topological polar surface area (TPSA) is 133 Å². The van der Waals surface area contributed by atoms with Gasteiger partial charge in [0.25, 0.3) is 11.1 Å². The quantitative estimate of drug-likeness (QED) is 0.367. The average molecular weight is 334 g/mol. The van der Waals surface area contributed by atoms with Crippen molar-refractivity contribution in [2.45, 2.75) is 0 Å². The van der Waals surface area contributed by atoms with Crippen molar-refractivity contribution in [3.63, 3.8) is 0 Å². The lowest BCUT2D eigenvalue weighted by Crippen LogP contribution is -2.14. The second-order valence-electron chi connectivity index (χ2n) is 4.39. The van der Waals surface area contributed by atoms with Crippen LogP contribution in [0.15, 0.2) is 22.2 Å². The van der Waals surface area contributed by atoms with Gasteiger partial charge in [-0.25, -0.2) is 19.3 Å². The molecule has 0 bridgehead atoms. The number of hydrogen-bond acceptors (Lipinski definition) is 6. The van der Waals surface area contributed by atoms with Crippen molar-refractivity contribution in [2.75, 3.05) is 0 Å². The van der Waals surface area contributed by atoms with Gasteiger partial charge in [0, 0.05) is 0 Å². The van der Waals surface area contributed by atoms with Gasteiger partial charge in [-0.2, -0.15) is 0 Å². The van der Waals surface area contributed by atoms with Crippen LogP contribution in [0.25, 0.3) is 22.3 Å². The van der Waals surface area contributed by atoms with Crippen molar-refractivity contribution in [1.29, 1.82) is 0 Å². The molecule has 12 heteroatoms. The molecule has 4 N–H and O–H groups in total. The Morgan fingerprint density at radius 2 is 1.18 bits per heavy atom. The number of nitrogens with zero attached hydrogens (tertiary/aromatic N) is 4. The van der Waals surface area contributed by atoms with E-state index in [9.17, 15) is 9.59 Å². The summed E-state index contributed by atoms with van der Waals surface area (Å²) < 4.78 is 3.32. The predicted molar refractivity (Wildman–Crippen MR) is 81.9 cm³/mol. The molecule has 0 saturated carbocycles. The van der Waals surface area contributed by atoms with Crippen molar-refractivity contribution in [2.24, 2.45) is 0 Å². The van der Waals surface area contributed by atoms with Crippen LogP contribution < -0.4 is 11.1 Å². The van der Waals surface area contributed by atoms with Crippen molar-refractivity contribution in [3.05, 3.63) is 42.9 Å². The van der Waals surface area contributed by atoms with Crippen LogP contribution in [0.2, 0.25) is 0 Å². The smallest absolute Gasteiger partial charge is 0.279 e. The minimum atomic E-state index is -0.410. The molecule has 0 atom stereocenters. The highest BCUT2D eigenvalue weighted by Gasteiger charge is 2.13. The summed E-state index contributed by atoms with van der Waals surface area (Å²) in [4.78, 5) is 42.3. The van der Waals surface area contributed by atoms with E-state index in [-0.39, 0.29) is 20.6 Å². The Morgan fingerprint density at radius 3 is 1.59 bits per heavy atom. The van der Waals surface area contributed by atoms with Crippen molar-refractivity contribution >= 4 is 46.8 Å². The Bertz CT molecular complexity index is 1170. The summed E-state index contributed by atoms with van der Waals surface area (Å²) in [6.07, 6.45) is 2.81. The van der Waals surface area contributed by atoms with E-state index in [0.29, 0.717) is 11.3 Å². The van der Waals surface area contributed by atoms with E-state index in [0.717, 1.165) is 0 Å². The van der Waals surface area contributed by atoms with E-state index < -0.39 is 11.1 Å². The number of nitrogens with one attached hydrogen (secondary N) is 4. The Balaban J connectivity index is 2.17. The van der Waals surface area contributed by atoms with Gasteiger partial charge in [-0.15, -0.1) is 0 Å². The van der Waals surface area contributed by atoms with Crippen LogP contribution in [0.4, 0.5) is 0 Å². The van der Waals surface area contributed by atoms with Crippen molar-refractivity contribution in [1.82, 2.24) is 39.3 Å². The molecule has 0 saturated heterocycles. The van der Waals surface area contributed by atoms with E-state index in [1.165, 1.54) is 22.0 Å². The fraction of sp³-hybridized carbons (Fsp3) is 0. The van der Waals surface area contributed by atoms with Crippen LogP contribution in [0.1, 0.15) is 0 Å². The molecular weight excluding hydrogens is 328 g/mol. The maximum absolute atomic E-state index is 11.8. The van der Waals surface area contributed by atoms with E-state index in [1.807, 2.05) is 0 Å². The third kappa shape index (κ3) is 1.71. The molecule has 110 valence electrons. The fourth-order valence-corrected chi connectivity index (χ4v) is 2.55. The average Bonchev–Trinajstić information content (AvgIpc) is 3.02. The van der Waals surface area contributed by atoms with Crippen LogP contribution >= 0.6 is 24.4 Å². The number of aromatic nitrogens is 8. The first kappa shape index (κ1) is 12.8. The molecule has 0 spiro atoms. The molecule has 0 radical (unpaired) electrons. The second-order valence-corrected chi connectivity index (χ2v) is 5.21. The summed E-state index contributed by atoms with van der Waals surface area (Å²) in [5.41, 5.74) is 0.276. The molecule has 0 amide bonds. The van der Waals surface area contributed by atoms with Gasteiger partial charge in [0.05, 0.1) is 0 Å². The zero-order chi connectivity index (χ0) is 15.4. The van der Waals surface area contributed by atoms with E-state index in [2.05, 4.69) is 29.9 Å². The minimum Gasteiger partial charge on any atom is -0.315 e. The maximum Gasteiger partial charge on any atom is 0.279 e. The predicted octanol–water partition coefficient (Wildman–Crippen LogP) is 0.189. The molecule has 4 heterocycles. The normalized spacial score (nSPS) is 11.5. The molecule has 22 heavy (non-hydrogen) atoms. The molecule has 4 aromatic rings. The third-order valence-corrected chi connectivity index (χ3v) is 3.49. The molecule has 4 rings (SSSR count). The first-order chi connectivity index (χ1) is 10.5. The van der Waals surface area contributed by atoms with Crippen LogP contribution in [0.3, 0.4) is 0 Å². The lowest BCUT2D eigenvalue weighted by molar-refractivity contribution is 0.686. The molecule has 0 unspecified atom stereocenters. The summed E-state index contributed by atoms with van der Waals surface area (Å²) >= 11 is 9.93. The number of imidazole rings is 2. The van der Waals surface area contributed by atoms with Gasteiger partial charge in [-0.1, -0.05) is 0 Å². The second kappa shape index (κ2) is 4.32. The minimum absolute atomic E-state index is 0.162. The molecule has 0 aliphatic carbocycles. The standard InChI is InChI=1S/C10H6N8O2S2/c19-7-3-5(13-9(21)15-7)17(1-11-3)18-2-12-4-6(18)14-10(22)16-8(4)20/h1-2H,(H2,13,15,19,21)(H2,14,16,20,22). The number of aromatic amines is 4. The fourth-order valence-electron chi connectivity index (χ4n) is 2.17. The number of rotatable bonds is 1. The first-order valence-electron chi connectivity index (χ1n) is 5.94. The number of H-pyrrole nitrogens is 4.